The molecule has 0 atom stereocenters. The Kier molecular flexibility index (Phi) is 3.46. The van der Waals surface area contributed by atoms with Gasteiger partial charge >= 0.3 is 0 Å². The van der Waals surface area contributed by atoms with Crippen LogP contribution in [0.2, 0.25) is 0 Å². The molecular formula is C14H17N3O. The summed E-state index contributed by atoms with van der Waals surface area (Å²) in [5, 5.41) is 4.28. The first-order valence-corrected chi connectivity index (χ1v) is 6.05. The second kappa shape index (κ2) is 5.04. The lowest BCUT2D eigenvalue weighted by atomic mass is 10.0. The maximum atomic E-state index is 11.3. The number of aromatic nitrogens is 2. The second-order valence-electron chi connectivity index (χ2n) is 4.39. The van der Waals surface area contributed by atoms with Gasteiger partial charge in [-0.05, 0) is 30.5 Å². The Bertz CT molecular complexity index is 572. The lowest BCUT2D eigenvalue weighted by Gasteiger charge is -2.04. The van der Waals surface area contributed by atoms with Crippen LogP contribution < -0.4 is 5.73 Å². The van der Waals surface area contributed by atoms with E-state index in [4.69, 9.17) is 5.73 Å². The first-order chi connectivity index (χ1) is 8.61. The van der Waals surface area contributed by atoms with Crippen molar-refractivity contribution in [3.8, 4) is 11.1 Å². The van der Waals surface area contributed by atoms with Gasteiger partial charge in [0.25, 0.3) is 0 Å². The SMILES string of the molecule is CCCn1cc(-c2ccc(C)c(C(N)=O)c2)cn1. The zero-order valence-electron chi connectivity index (χ0n) is 10.7. The number of rotatable bonds is 4. The smallest absolute Gasteiger partial charge is 0.248 e. The highest BCUT2D eigenvalue weighted by molar-refractivity contribution is 5.95. The molecule has 0 saturated carbocycles. The minimum absolute atomic E-state index is 0.393. The molecule has 0 bridgehead atoms. The van der Waals surface area contributed by atoms with Crippen LogP contribution in [0.15, 0.2) is 30.6 Å². The molecule has 4 heteroatoms. The number of benzene rings is 1. The van der Waals surface area contributed by atoms with Crippen molar-refractivity contribution in [2.75, 3.05) is 0 Å². The van der Waals surface area contributed by atoms with E-state index in [1.807, 2.05) is 42.2 Å². The summed E-state index contributed by atoms with van der Waals surface area (Å²) in [6.07, 6.45) is 4.84. The molecule has 1 heterocycles. The number of hydrogen-bond acceptors (Lipinski definition) is 2. The molecular weight excluding hydrogens is 226 g/mol. The van der Waals surface area contributed by atoms with Crippen molar-refractivity contribution < 1.29 is 4.79 Å². The van der Waals surface area contributed by atoms with Crippen molar-refractivity contribution in [3.63, 3.8) is 0 Å². The molecule has 2 rings (SSSR count). The van der Waals surface area contributed by atoms with Crippen LogP contribution in [0.3, 0.4) is 0 Å². The number of hydrogen-bond donors (Lipinski definition) is 1. The van der Waals surface area contributed by atoms with E-state index in [2.05, 4.69) is 12.0 Å². The fourth-order valence-electron chi connectivity index (χ4n) is 1.93. The lowest BCUT2D eigenvalue weighted by Crippen LogP contribution is -2.12. The Balaban J connectivity index is 2.38. The quantitative estimate of drug-likeness (QED) is 0.896. The highest BCUT2D eigenvalue weighted by Crippen LogP contribution is 2.21. The van der Waals surface area contributed by atoms with E-state index in [0.717, 1.165) is 29.7 Å². The van der Waals surface area contributed by atoms with Gasteiger partial charge in [0.05, 0.1) is 6.20 Å². The maximum absolute atomic E-state index is 11.3. The van der Waals surface area contributed by atoms with Crippen LogP contribution in [0.4, 0.5) is 0 Å². The summed E-state index contributed by atoms with van der Waals surface area (Å²) in [6.45, 7) is 4.89. The van der Waals surface area contributed by atoms with Crippen molar-refractivity contribution in [2.45, 2.75) is 26.8 Å². The molecule has 1 amide bonds. The third-order valence-corrected chi connectivity index (χ3v) is 2.92. The zero-order valence-corrected chi connectivity index (χ0v) is 10.7. The van der Waals surface area contributed by atoms with Gasteiger partial charge in [0, 0.05) is 23.9 Å². The van der Waals surface area contributed by atoms with Gasteiger partial charge in [-0.1, -0.05) is 19.1 Å². The molecule has 2 aromatic rings. The Morgan fingerprint density at radius 1 is 1.39 bits per heavy atom. The van der Waals surface area contributed by atoms with Crippen LogP contribution >= 0.6 is 0 Å². The van der Waals surface area contributed by atoms with Gasteiger partial charge in [-0.15, -0.1) is 0 Å². The lowest BCUT2D eigenvalue weighted by molar-refractivity contribution is 0.1000. The first-order valence-electron chi connectivity index (χ1n) is 6.05. The van der Waals surface area contributed by atoms with E-state index < -0.39 is 5.91 Å². The molecule has 0 unspecified atom stereocenters. The number of primary amides is 1. The number of nitrogens with zero attached hydrogens (tertiary/aromatic N) is 2. The van der Waals surface area contributed by atoms with E-state index in [1.54, 1.807) is 0 Å². The highest BCUT2D eigenvalue weighted by Gasteiger charge is 2.08. The summed E-state index contributed by atoms with van der Waals surface area (Å²) < 4.78 is 1.90. The van der Waals surface area contributed by atoms with Gasteiger partial charge in [0.2, 0.25) is 5.91 Å². The summed E-state index contributed by atoms with van der Waals surface area (Å²) in [5.74, 6) is -0.393. The van der Waals surface area contributed by atoms with E-state index in [9.17, 15) is 4.79 Å². The normalized spacial score (nSPS) is 10.6. The molecule has 0 aliphatic rings. The largest absolute Gasteiger partial charge is 0.366 e. The zero-order chi connectivity index (χ0) is 13.1. The van der Waals surface area contributed by atoms with Gasteiger partial charge in [-0.2, -0.15) is 5.10 Å². The number of carbonyl (C=O) groups is 1. The van der Waals surface area contributed by atoms with Gasteiger partial charge < -0.3 is 5.73 Å². The summed E-state index contributed by atoms with van der Waals surface area (Å²) in [4.78, 5) is 11.3. The molecule has 0 saturated heterocycles. The highest BCUT2D eigenvalue weighted by atomic mass is 16.1. The Hall–Kier alpha value is -2.10. The van der Waals surface area contributed by atoms with Crippen molar-refractivity contribution >= 4 is 5.91 Å². The first kappa shape index (κ1) is 12.4. The summed E-state index contributed by atoms with van der Waals surface area (Å²) in [6, 6.07) is 5.71. The summed E-state index contributed by atoms with van der Waals surface area (Å²) >= 11 is 0. The van der Waals surface area contributed by atoms with E-state index in [0.29, 0.717) is 5.56 Å². The maximum Gasteiger partial charge on any atom is 0.248 e. The third kappa shape index (κ3) is 2.42. The topological polar surface area (TPSA) is 60.9 Å². The molecule has 0 aliphatic heterocycles. The van der Waals surface area contributed by atoms with Crippen LogP contribution in [0.1, 0.15) is 29.3 Å². The van der Waals surface area contributed by atoms with Crippen molar-refractivity contribution in [2.24, 2.45) is 5.73 Å². The summed E-state index contributed by atoms with van der Waals surface area (Å²) in [5.41, 5.74) is 8.79. The minimum Gasteiger partial charge on any atom is -0.366 e. The van der Waals surface area contributed by atoms with Crippen LogP contribution in [0.5, 0.6) is 0 Å². The van der Waals surface area contributed by atoms with Gasteiger partial charge in [-0.3, -0.25) is 9.48 Å². The molecule has 0 fully saturated rings. The molecule has 4 nitrogen and oxygen atoms in total. The Labute approximate surface area is 106 Å². The molecule has 0 spiro atoms. The molecule has 94 valence electrons. The van der Waals surface area contributed by atoms with Crippen LogP contribution in [-0.4, -0.2) is 15.7 Å². The Morgan fingerprint density at radius 3 is 2.83 bits per heavy atom. The second-order valence-corrected chi connectivity index (χ2v) is 4.39. The fraction of sp³-hybridized carbons (Fsp3) is 0.286. The van der Waals surface area contributed by atoms with Gasteiger partial charge in [0.15, 0.2) is 0 Å². The minimum atomic E-state index is -0.393. The number of nitrogens with two attached hydrogens (primary N) is 1. The standard InChI is InChI=1S/C14H17N3O/c1-3-6-17-9-12(8-16-17)11-5-4-10(2)13(7-11)14(15)18/h4-5,7-9H,3,6H2,1-2H3,(H2,15,18). The van der Waals surface area contributed by atoms with Crippen molar-refractivity contribution in [3.05, 3.63) is 41.7 Å². The number of amides is 1. The third-order valence-electron chi connectivity index (χ3n) is 2.92. The van der Waals surface area contributed by atoms with Crippen molar-refractivity contribution in [1.82, 2.24) is 9.78 Å². The van der Waals surface area contributed by atoms with Crippen molar-refractivity contribution in [1.29, 1.82) is 0 Å². The average Bonchev–Trinajstić information content (AvgIpc) is 2.78. The monoisotopic (exact) mass is 243 g/mol. The average molecular weight is 243 g/mol. The predicted molar refractivity (Wildman–Crippen MR) is 71.2 cm³/mol. The molecule has 18 heavy (non-hydrogen) atoms. The molecule has 0 radical (unpaired) electrons. The summed E-state index contributed by atoms with van der Waals surface area (Å²) in [7, 11) is 0. The fourth-order valence-corrected chi connectivity index (χ4v) is 1.93. The van der Waals surface area contributed by atoms with E-state index in [1.165, 1.54) is 0 Å². The van der Waals surface area contributed by atoms with Crippen LogP contribution in [0, 0.1) is 6.92 Å². The van der Waals surface area contributed by atoms with E-state index in [-0.39, 0.29) is 0 Å². The van der Waals surface area contributed by atoms with Crippen LogP contribution in [0.25, 0.3) is 11.1 Å². The molecule has 0 aliphatic carbocycles. The molecule has 1 aromatic carbocycles. The van der Waals surface area contributed by atoms with Gasteiger partial charge in [0.1, 0.15) is 0 Å². The molecule has 1 aromatic heterocycles. The van der Waals surface area contributed by atoms with E-state index >= 15 is 0 Å². The predicted octanol–water partition coefficient (Wildman–Crippen LogP) is 2.37. The molecule has 2 N–H and O–H groups in total. The number of aryl methyl sites for hydroxylation is 2. The number of carbonyl (C=O) groups excluding carboxylic acids is 1. The van der Waals surface area contributed by atoms with Crippen LogP contribution in [-0.2, 0) is 6.54 Å². The van der Waals surface area contributed by atoms with Gasteiger partial charge in [-0.25, -0.2) is 0 Å². The Morgan fingerprint density at radius 2 is 2.17 bits per heavy atom.